The molecule has 0 fully saturated rings. The molecule has 2 aromatic rings. The minimum absolute atomic E-state index is 0.00458. The highest BCUT2D eigenvalue weighted by atomic mass is 16.6. The number of benzene rings is 2. The summed E-state index contributed by atoms with van der Waals surface area (Å²) < 4.78 is 5.42. The van der Waals surface area contributed by atoms with Crippen LogP contribution in [0.3, 0.4) is 0 Å². The zero-order valence-electron chi connectivity index (χ0n) is 13.7. The van der Waals surface area contributed by atoms with Crippen LogP contribution in [-0.4, -0.2) is 23.7 Å². The number of ether oxygens (including phenoxy) is 1. The van der Waals surface area contributed by atoms with Crippen molar-refractivity contribution in [2.75, 3.05) is 6.61 Å². The summed E-state index contributed by atoms with van der Waals surface area (Å²) in [7, 11) is 0. The Labute approximate surface area is 143 Å². The smallest absolute Gasteiger partial charge is 0.277 e. The van der Waals surface area contributed by atoms with E-state index in [9.17, 15) is 20.0 Å². The number of nitro groups is 1. The van der Waals surface area contributed by atoms with Gasteiger partial charge in [-0.15, -0.1) is 0 Å². The zero-order valence-corrected chi connectivity index (χ0v) is 13.7. The number of nitro benzene ring substituents is 1. The van der Waals surface area contributed by atoms with Gasteiger partial charge < -0.3 is 9.84 Å². The van der Waals surface area contributed by atoms with Gasteiger partial charge in [0, 0.05) is 12.1 Å². The van der Waals surface area contributed by atoms with Gasteiger partial charge in [0.25, 0.3) is 11.6 Å². The minimum atomic E-state index is -0.618. The Morgan fingerprint density at radius 2 is 2.04 bits per heavy atom. The normalized spacial score (nSPS) is 10.6. The third-order valence-electron chi connectivity index (χ3n) is 3.30. The lowest BCUT2D eigenvalue weighted by Crippen LogP contribution is -2.24. The first-order chi connectivity index (χ1) is 11.9. The molecule has 0 aliphatic carbocycles. The summed E-state index contributed by atoms with van der Waals surface area (Å²) in [5.41, 5.74) is 3.89. The highest BCUT2D eigenvalue weighted by Crippen LogP contribution is 2.19. The largest absolute Gasteiger partial charge is 0.872 e. The van der Waals surface area contributed by atoms with Crippen LogP contribution in [-0.2, 0) is 4.79 Å². The lowest BCUT2D eigenvalue weighted by Gasteiger charge is -2.10. The molecule has 2 aromatic carbocycles. The van der Waals surface area contributed by atoms with Gasteiger partial charge in [0.2, 0.25) is 0 Å². The van der Waals surface area contributed by atoms with Gasteiger partial charge in [0.05, 0.1) is 11.1 Å². The van der Waals surface area contributed by atoms with Crippen molar-refractivity contribution >= 4 is 17.8 Å². The molecule has 0 spiro atoms. The number of aryl methyl sites for hydroxylation is 2. The topological polar surface area (TPSA) is 117 Å². The molecule has 2 rings (SSSR count). The minimum Gasteiger partial charge on any atom is -0.872 e. The molecule has 0 bridgehead atoms. The zero-order chi connectivity index (χ0) is 18.4. The molecule has 0 aliphatic heterocycles. The van der Waals surface area contributed by atoms with E-state index in [1.54, 1.807) is 0 Å². The molecule has 0 saturated carbocycles. The van der Waals surface area contributed by atoms with E-state index in [2.05, 4.69) is 10.5 Å². The summed E-state index contributed by atoms with van der Waals surface area (Å²) >= 11 is 0. The fourth-order valence-corrected chi connectivity index (χ4v) is 1.96. The number of hydrogen-bond donors (Lipinski definition) is 1. The van der Waals surface area contributed by atoms with Crippen LogP contribution in [0.2, 0.25) is 0 Å². The Bertz CT molecular complexity index is 833. The van der Waals surface area contributed by atoms with Crippen LogP contribution in [0.5, 0.6) is 11.5 Å². The Morgan fingerprint density at radius 3 is 2.76 bits per heavy atom. The molecule has 0 aliphatic rings. The average molecular weight is 342 g/mol. The van der Waals surface area contributed by atoms with E-state index in [0.717, 1.165) is 35.5 Å². The van der Waals surface area contributed by atoms with Gasteiger partial charge >= 0.3 is 0 Å². The van der Waals surface area contributed by atoms with Crippen LogP contribution in [0, 0.1) is 24.0 Å². The van der Waals surface area contributed by atoms with Crippen LogP contribution in [0.15, 0.2) is 41.5 Å². The lowest BCUT2D eigenvalue weighted by molar-refractivity contribution is -0.385. The first-order valence-corrected chi connectivity index (χ1v) is 7.34. The number of carbonyl (C=O) groups excluding carboxylic acids is 1. The van der Waals surface area contributed by atoms with Crippen molar-refractivity contribution in [3.05, 3.63) is 63.2 Å². The van der Waals surface area contributed by atoms with E-state index < -0.39 is 16.6 Å². The molecule has 0 radical (unpaired) electrons. The molecule has 130 valence electrons. The van der Waals surface area contributed by atoms with Gasteiger partial charge in [-0.25, -0.2) is 5.43 Å². The highest BCUT2D eigenvalue weighted by molar-refractivity contribution is 5.86. The summed E-state index contributed by atoms with van der Waals surface area (Å²) in [6.45, 7) is 3.53. The molecule has 8 heteroatoms. The number of hydrogen-bond acceptors (Lipinski definition) is 6. The van der Waals surface area contributed by atoms with E-state index in [4.69, 9.17) is 4.74 Å². The standard InChI is InChI=1S/C17H17N3O5/c1-11-3-4-12(2)16(7-11)25-10-17(22)19-18-9-13-8-14(20(23)24)5-6-15(13)21/h3-9,21H,10H2,1-2H3,(H,19,22)/p-1/b18-9-. The van der Waals surface area contributed by atoms with Gasteiger partial charge in [-0.2, -0.15) is 5.10 Å². The number of non-ortho nitro benzene ring substituents is 1. The van der Waals surface area contributed by atoms with E-state index in [-0.39, 0.29) is 17.9 Å². The molecule has 0 heterocycles. The van der Waals surface area contributed by atoms with Crippen LogP contribution < -0.4 is 15.3 Å². The van der Waals surface area contributed by atoms with Gasteiger partial charge in [0.15, 0.2) is 6.61 Å². The number of nitrogens with zero attached hydrogens (tertiary/aromatic N) is 2. The van der Waals surface area contributed by atoms with Crippen molar-refractivity contribution in [3.63, 3.8) is 0 Å². The fraction of sp³-hybridized carbons (Fsp3) is 0.176. The number of rotatable bonds is 6. The Morgan fingerprint density at radius 1 is 1.28 bits per heavy atom. The van der Waals surface area contributed by atoms with Crippen molar-refractivity contribution in [1.29, 1.82) is 0 Å². The van der Waals surface area contributed by atoms with Crippen LogP contribution in [0.25, 0.3) is 0 Å². The van der Waals surface area contributed by atoms with E-state index in [1.807, 2.05) is 32.0 Å². The number of amides is 1. The predicted molar refractivity (Wildman–Crippen MR) is 89.7 cm³/mol. The second-order valence-corrected chi connectivity index (χ2v) is 5.33. The van der Waals surface area contributed by atoms with Gasteiger partial charge in [-0.3, -0.25) is 14.9 Å². The molecular weight excluding hydrogens is 326 g/mol. The second-order valence-electron chi connectivity index (χ2n) is 5.33. The molecule has 1 N–H and O–H groups in total. The van der Waals surface area contributed by atoms with Crippen molar-refractivity contribution in [2.24, 2.45) is 5.10 Å². The summed E-state index contributed by atoms with van der Waals surface area (Å²) in [5, 5.41) is 25.9. The number of carbonyl (C=O) groups is 1. The van der Waals surface area contributed by atoms with Crippen molar-refractivity contribution in [1.82, 2.24) is 5.43 Å². The first-order valence-electron chi connectivity index (χ1n) is 7.34. The van der Waals surface area contributed by atoms with Gasteiger partial charge in [-0.1, -0.05) is 23.9 Å². The van der Waals surface area contributed by atoms with Gasteiger partial charge in [0.1, 0.15) is 5.75 Å². The number of hydrazone groups is 1. The Kier molecular flexibility index (Phi) is 5.67. The molecule has 0 aromatic heterocycles. The summed E-state index contributed by atoms with van der Waals surface area (Å²) in [6, 6.07) is 8.91. The maximum Gasteiger partial charge on any atom is 0.277 e. The third kappa shape index (κ3) is 5.03. The molecular formula is C17H16N3O5-. The summed E-state index contributed by atoms with van der Waals surface area (Å²) in [6.07, 6.45) is 1.06. The summed E-state index contributed by atoms with van der Waals surface area (Å²) in [5.74, 6) is -0.357. The van der Waals surface area contributed by atoms with Crippen molar-refractivity contribution in [3.8, 4) is 11.5 Å². The second kappa shape index (κ2) is 7.91. The molecule has 1 amide bonds. The van der Waals surface area contributed by atoms with E-state index in [1.165, 1.54) is 0 Å². The van der Waals surface area contributed by atoms with E-state index in [0.29, 0.717) is 5.75 Å². The lowest BCUT2D eigenvalue weighted by atomic mass is 10.1. The van der Waals surface area contributed by atoms with Crippen molar-refractivity contribution in [2.45, 2.75) is 13.8 Å². The maximum atomic E-state index is 11.7. The number of nitrogens with one attached hydrogen (secondary N) is 1. The van der Waals surface area contributed by atoms with E-state index >= 15 is 0 Å². The summed E-state index contributed by atoms with van der Waals surface area (Å²) in [4.78, 5) is 21.8. The SMILES string of the molecule is Cc1ccc(C)c(OCC(=O)N/N=C\c2cc([N+](=O)[O-])ccc2[O-])c1. The molecule has 8 nitrogen and oxygen atoms in total. The Hall–Kier alpha value is -3.42. The first kappa shape index (κ1) is 17.9. The molecule has 0 saturated heterocycles. The highest BCUT2D eigenvalue weighted by Gasteiger charge is 2.06. The van der Waals surface area contributed by atoms with Crippen LogP contribution in [0.1, 0.15) is 16.7 Å². The Balaban J connectivity index is 1.93. The fourth-order valence-electron chi connectivity index (χ4n) is 1.96. The third-order valence-corrected chi connectivity index (χ3v) is 3.30. The molecule has 0 atom stereocenters. The quantitative estimate of drug-likeness (QED) is 0.488. The molecule has 25 heavy (non-hydrogen) atoms. The van der Waals surface area contributed by atoms with Crippen LogP contribution >= 0.6 is 0 Å². The monoisotopic (exact) mass is 342 g/mol. The molecule has 0 unspecified atom stereocenters. The van der Waals surface area contributed by atoms with Gasteiger partial charge in [-0.05, 0) is 36.6 Å². The van der Waals surface area contributed by atoms with Crippen LogP contribution in [0.4, 0.5) is 5.69 Å². The van der Waals surface area contributed by atoms with Crippen molar-refractivity contribution < 1.29 is 19.6 Å². The maximum absolute atomic E-state index is 11.7. The average Bonchev–Trinajstić information content (AvgIpc) is 2.57. The predicted octanol–water partition coefficient (Wildman–Crippen LogP) is 1.81.